The van der Waals surface area contributed by atoms with Crippen LogP contribution in [0.2, 0.25) is 0 Å². The molecular weight excluding hydrogens is 246 g/mol. The van der Waals surface area contributed by atoms with Crippen LogP contribution in [-0.2, 0) is 0 Å². The topological polar surface area (TPSA) is 32.3 Å². The summed E-state index contributed by atoms with van der Waals surface area (Å²) >= 11 is 0. The molecule has 0 aromatic carbocycles. The van der Waals surface area contributed by atoms with Crippen molar-refractivity contribution in [3.8, 4) is 0 Å². The van der Waals surface area contributed by atoms with Crippen LogP contribution in [0, 0.1) is 11.8 Å². The number of piperidine rings is 1. The van der Waals surface area contributed by atoms with Gasteiger partial charge in [-0.2, -0.15) is 0 Å². The summed E-state index contributed by atoms with van der Waals surface area (Å²) in [5.41, 5.74) is 0. The Morgan fingerprint density at radius 1 is 0.800 bits per heavy atom. The molecule has 0 aromatic rings. The monoisotopic (exact) mass is 281 g/mol. The highest BCUT2D eigenvalue weighted by Crippen LogP contribution is 2.29. The molecule has 118 valence electrons. The number of rotatable bonds is 1. The van der Waals surface area contributed by atoms with Gasteiger partial charge in [0, 0.05) is 12.0 Å². The van der Waals surface area contributed by atoms with Gasteiger partial charge >= 0.3 is 0 Å². The van der Waals surface area contributed by atoms with Crippen LogP contribution < -0.4 is 5.32 Å². The van der Waals surface area contributed by atoms with Gasteiger partial charge in [-0.15, -0.1) is 0 Å². The third kappa shape index (κ3) is 5.37. The molecule has 0 spiro atoms. The SMILES string of the molecule is CC1CCNC(C2CCCCCCCCCCC2O)C1. The zero-order valence-corrected chi connectivity index (χ0v) is 13.4. The number of hydrogen-bond donors (Lipinski definition) is 2. The molecule has 0 bridgehead atoms. The van der Waals surface area contributed by atoms with Crippen molar-refractivity contribution in [2.24, 2.45) is 11.8 Å². The van der Waals surface area contributed by atoms with Crippen LogP contribution in [0.15, 0.2) is 0 Å². The third-order valence-corrected chi connectivity index (χ3v) is 5.50. The first kappa shape index (κ1) is 16.3. The van der Waals surface area contributed by atoms with E-state index in [0.29, 0.717) is 12.0 Å². The van der Waals surface area contributed by atoms with Crippen molar-refractivity contribution < 1.29 is 5.11 Å². The standard InChI is InChI=1S/C18H35NO/c1-15-12-13-19-17(14-15)16-10-8-6-4-2-3-5-7-9-11-18(16)20/h15-20H,2-14H2,1H3. The molecule has 2 heteroatoms. The van der Waals surface area contributed by atoms with E-state index in [1.54, 1.807) is 0 Å². The van der Waals surface area contributed by atoms with Gasteiger partial charge in [0.15, 0.2) is 0 Å². The molecule has 4 unspecified atom stereocenters. The lowest BCUT2D eigenvalue weighted by molar-refractivity contribution is 0.0544. The Bertz CT molecular complexity index is 256. The fourth-order valence-electron chi connectivity index (χ4n) is 4.15. The highest BCUT2D eigenvalue weighted by atomic mass is 16.3. The van der Waals surface area contributed by atoms with E-state index in [1.165, 1.54) is 70.6 Å². The second-order valence-electron chi connectivity index (χ2n) is 7.33. The van der Waals surface area contributed by atoms with E-state index in [9.17, 15) is 5.11 Å². The summed E-state index contributed by atoms with van der Waals surface area (Å²) in [4.78, 5) is 0. The number of aliphatic hydroxyl groups is 1. The minimum Gasteiger partial charge on any atom is -0.393 e. The molecule has 0 amide bonds. The van der Waals surface area contributed by atoms with Crippen LogP contribution in [-0.4, -0.2) is 23.8 Å². The summed E-state index contributed by atoms with van der Waals surface area (Å²) in [6.07, 6.45) is 15.6. The Kier molecular flexibility index (Phi) is 7.37. The second-order valence-corrected chi connectivity index (χ2v) is 7.33. The van der Waals surface area contributed by atoms with E-state index < -0.39 is 0 Å². The Morgan fingerprint density at radius 2 is 1.40 bits per heavy atom. The first-order valence-electron chi connectivity index (χ1n) is 9.19. The van der Waals surface area contributed by atoms with Gasteiger partial charge in [0.05, 0.1) is 6.10 Å². The lowest BCUT2D eigenvalue weighted by Gasteiger charge is -2.37. The smallest absolute Gasteiger partial charge is 0.0583 e. The lowest BCUT2D eigenvalue weighted by Crippen LogP contribution is -2.46. The number of nitrogens with one attached hydrogen (secondary N) is 1. The molecule has 1 saturated heterocycles. The van der Waals surface area contributed by atoms with Gasteiger partial charge in [-0.3, -0.25) is 0 Å². The molecular formula is C18H35NO. The van der Waals surface area contributed by atoms with E-state index >= 15 is 0 Å². The molecule has 1 aliphatic heterocycles. The molecule has 2 rings (SSSR count). The van der Waals surface area contributed by atoms with Crippen molar-refractivity contribution in [2.75, 3.05) is 6.54 Å². The Balaban J connectivity index is 1.89. The predicted molar refractivity (Wildman–Crippen MR) is 85.9 cm³/mol. The molecule has 20 heavy (non-hydrogen) atoms. The zero-order chi connectivity index (χ0) is 14.2. The molecule has 1 aliphatic carbocycles. The largest absolute Gasteiger partial charge is 0.393 e. The van der Waals surface area contributed by atoms with Crippen molar-refractivity contribution in [1.82, 2.24) is 5.32 Å². The minimum atomic E-state index is -0.0720. The normalized spacial score (nSPS) is 38.7. The first-order valence-corrected chi connectivity index (χ1v) is 9.19. The number of aliphatic hydroxyl groups excluding tert-OH is 1. The van der Waals surface area contributed by atoms with Gasteiger partial charge in [-0.1, -0.05) is 58.3 Å². The van der Waals surface area contributed by atoms with Crippen LogP contribution in [0.5, 0.6) is 0 Å². The fraction of sp³-hybridized carbons (Fsp3) is 1.00. The lowest BCUT2D eigenvalue weighted by atomic mass is 9.79. The van der Waals surface area contributed by atoms with Crippen molar-refractivity contribution in [3.63, 3.8) is 0 Å². The van der Waals surface area contributed by atoms with E-state index in [-0.39, 0.29) is 6.10 Å². The summed E-state index contributed by atoms with van der Waals surface area (Å²) in [6.45, 7) is 3.52. The Hall–Kier alpha value is -0.0800. The highest BCUT2D eigenvalue weighted by molar-refractivity contribution is 4.86. The minimum absolute atomic E-state index is 0.0720. The summed E-state index contributed by atoms with van der Waals surface area (Å²) < 4.78 is 0. The second kappa shape index (κ2) is 9.04. The Labute approximate surface area is 125 Å². The quantitative estimate of drug-likeness (QED) is 0.752. The highest BCUT2D eigenvalue weighted by Gasteiger charge is 2.30. The molecule has 2 nitrogen and oxygen atoms in total. The van der Waals surface area contributed by atoms with Crippen LogP contribution in [0.4, 0.5) is 0 Å². The molecule has 2 fully saturated rings. The average Bonchev–Trinajstić information content (AvgIpc) is 2.43. The van der Waals surface area contributed by atoms with Gasteiger partial charge < -0.3 is 10.4 Å². The summed E-state index contributed by atoms with van der Waals surface area (Å²) in [5, 5.41) is 14.4. The van der Waals surface area contributed by atoms with Gasteiger partial charge in [0.25, 0.3) is 0 Å². The zero-order valence-electron chi connectivity index (χ0n) is 13.4. The molecule has 0 aromatic heterocycles. The molecule has 2 aliphatic rings. The van der Waals surface area contributed by atoms with E-state index in [0.717, 1.165) is 18.9 Å². The molecule has 4 atom stereocenters. The van der Waals surface area contributed by atoms with Gasteiger partial charge in [-0.05, 0) is 38.1 Å². The predicted octanol–water partition coefficient (Wildman–Crippen LogP) is 4.27. The number of hydrogen-bond acceptors (Lipinski definition) is 2. The van der Waals surface area contributed by atoms with Gasteiger partial charge in [0.1, 0.15) is 0 Å². The maximum Gasteiger partial charge on any atom is 0.0583 e. The summed E-state index contributed by atoms with van der Waals surface area (Å²) in [7, 11) is 0. The van der Waals surface area contributed by atoms with Crippen molar-refractivity contribution in [3.05, 3.63) is 0 Å². The molecule has 2 N–H and O–H groups in total. The van der Waals surface area contributed by atoms with Crippen molar-refractivity contribution in [1.29, 1.82) is 0 Å². The van der Waals surface area contributed by atoms with Gasteiger partial charge in [-0.25, -0.2) is 0 Å². The summed E-state index contributed by atoms with van der Waals surface area (Å²) in [6, 6.07) is 0.566. The maximum absolute atomic E-state index is 10.7. The fourth-order valence-corrected chi connectivity index (χ4v) is 4.15. The van der Waals surface area contributed by atoms with Crippen molar-refractivity contribution in [2.45, 2.75) is 96.1 Å². The average molecular weight is 281 g/mol. The Morgan fingerprint density at radius 3 is 2.05 bits per heavy atom. The molecule has 1 saturated carbocycles. The van der Waals surface area contributed by atoms with E-state index in [2.05, 4.69) is 12.2 Å². The van der Waals surface area contributed by atoms with Crippen LogP contribution in [0.3, 0.4) is 0 Å². The van der Waals surface area contributed by atoms with Crippen LogP contribution in [0.1, 0.15) is 84.0 Å². The molecule has 1 heterocycles. The molecule has 0 radical (unpaired) electrons. The van der Waals surface area contributed by atoms with Gasteiger partial charge in [0.2, 0.25) is 0 Å². The van der Waals surface area contributed by atoms with E-state index in [1.807, 2.05) is 0 Å². The van der Waals surface area contributed by atoms with Crippen LogP contribution in [0.25, 0.3) is 0 Å². The maximum atomic E-state index is 10.7. The first-order chi connectivity index (χ1) is 9.77. The van der Waals surface area contributed by atoms with Crippen molar-refractivity contribution >= 4 is 0 Å². The van der Waals surface area contributed by atoms with Crippen LogP contribution >= 0.6 is 0 Å². The van der Waals surface area contributed by atoms with E-state index in [4.69, 9.17) is 0 Å². The summed E-state index contributed by atoms with van der Waals surface area (Å²) in [5.74, 6) is 1.33. The third-order valence-electron chi connectivity index (χ3n) is 5.50.